The molecule has 0 aromatic heterocycles. The van der Waals surface area contributed by atoms with Crippen molar-refractivity contribution in [2.75, 3.05) is 31.6 Å². The zero-order chi connectivity index (χ0) is 30.0. The van der Waals surface area contributed by atoms with Crippen molar-refractivity contribution in [3.63, 3.8) is 0 Å². The van der Waals surface area contributed by atoms with E-state index in [-0.39, 0.29) is 23.0 Å². The number of benzene rings is 3. The van der Waals surface area contributed by atoms with E-state index in [4.69, 9.17) is 9.47 Å². The Morgan fingerprint density at radius 1 is 0.902 bits per heavy atom. The van der Waals surface area contributed by atoms with E-state index in [1.165, 1.54) is 24.1 Å². The summed E-state index contributed by atoms with van der Waals surface area (Å²) in [6, 6.07) is 19.5. The van der Waals surface area contributed by atoms with Crippen LogP contribution in [0.1, 0.15) is 37.8 Å². The zero-order valence-electron chi connectivity index (χ0n) is 24.3. The van der Waals surface area contributed by atoms with Gasteiger partial charge in [0.1, 0.15) is 24.1 Å². The largest absolute Gasteiger partial charge is 0.497 e. The number of hydrogen-bond donors (Lipinski definition) is 1. The second-order valence-corrected chi connectivity index (χ2v) is 11.4. The van der Waals surface area contributed by atoms with E-state index in [0.717, 1.165) is 21.9 Å². The number of rotatable bonds is 14. The zero-order valence-corrected chi connectivity index (χ0v) is 25.1. The molecule has 1 unspecified atom stereocenters. The molecule has 0 heterocycles. The Kier molecular flexibility index (Phi) is 11.2. The Labute approximate surface area is 243 Å². The summed E-state index contributed by atoms with van der Waals surface area (Å²) in [4.78, 5) is 28.8. The molecule has 0 saturated heterocycles. The minimum atomic E-state index is -4.19. The fourth-order valence-electron chi connectivity index (χ4n) is 4.40. The lowest BCUT2D eigenvalue weighted by atomic mass is 10.1. The summed E-state index contributed by atoms with van der Waals surface area (Å²) in [6.07, 6.45) is 1.09. The van der Waals surface area contributed by atoms with E-state index in [0.29, 0.717) is 24.5 Å². The number of para-hydroxylation sites is 2. The van der Waals surface area contributed by atoms with Gasteiger partial charge >= 0.3 is 0 Å². The molecule has 1 N–H and O–H groups in total. The molecule has 3 rings (SSSR count). The van der Waals surface area contributed by atoms with Crippen LogP contribution in [0.15, 0.2) is 77.7 Å². The maximum absolute atomic E-state index is 14.1. The van der Waals surface area contributed by atoms with E-state index in [1.807, 2.05) is 32.9 Å². The SMILES string of the molecule is CCCNC(=O)C(CC)N(Cc1ccc(OC)cc1)C(=O)CN(c1ccccc1OC)S(=O)(=O)c1ccc(C)cc1. The first-order chi connectivity index (χ1) is 19.7. The van der Waals surface area contributed by atoms with Crippen LogP contribution in [0.2, 0.25) is 0 Å². The van der Waals surface area contributed by atoms with Gasteiger partial charge in [-0.25, -0.2) is 8.42 Å². The standard InChI is InChI=1S/C31H39N3O6S/c1-6-20-32-31(36)27(7-2)33(21-24-14-16-25(39-4)17-15-24)30(35)22-34(28-10-8-9-11-29(28)40-5)41(37,38)26-18-12-23(3)13-19-26/h8-19,27H,6-7,20-22H2,1-5H3,(H,32,36). The van der Waals surface area contributed by atoms with Crippen molar-refractivity contribution < 1.29 is 27.5 Å². The molecule has 220 valence electrons. The Morgan fingerprint density at radius 3 is 2.15 bits per heavy atom. The van der Waals surface area contributed by atoms with Gasteiger partial charge in [-0.15, -0.1) is 0 Å². The average Bonchev–Trinajstić information content (AvgIpc) is 2.99. The molecule has 0 aliphatic rings. The van der Waals surface area contributed by atoms with Crippen molar-refractivity contribution >= 4 is 27.5 Å². The fraction of sp³-hybridized carbons (Fsp3) is 0.355. The van der Waals surface area contributed by atoms with Gasteiger partial charge in [-0.05, 0) is 61.7 Å². The molecule has 3 aromatic rings. The van der Waals surface area contributed by atoms with Gasteiger partial charge in [0.15, 0.2) is 0 Å². The number of methoxy groups -OCH3 is 2. The van der Waals surface area contributed by atoms with Crippen LogP contribution in [0.25, 0.3) is 0 Å². The van der Waals surface area contributed by atoms with E-state index >= 15 is 0 Å². The summed E-state index contributed by atoms with van der Waals surface area (Å²) in [6.45, 7) is 5.67. The van der Waals surface area contributed by atoms with E-state index in [2.05, 4.69) is 5.32 Å². The Morgan fingerprint density at radius 2 is 1.56 bits per heavy atom. The number of nitrogens with zero attached hydrogens (tertiary/aromatic N) is 2. The normalized spacial score (nSPS) is 11.8. The number of hydrogen-bond acceptors (Lipinski definition) is 6. The van der Waals surface area contributed by atoms with Crippen LogP contribution >= 0.6 is 0 Å². The highest BCUT2D eigenvalue weighted by molar-refractivity contribution is 7.92. The molecule has 0 aliphatic carbocycles. The van der Waals surface area contributed by atoms with Crippen LogP contribution in [0.3, 0.4) is 0 Å². The van der Waals surface area contributed by atoms with Crippen LogP contribution in [-0.4, -0.2) is 58.5 Å². The van der Waals surface area contributed by atoms with Crippen molar-refractivity contribution in [1.82, 2.24) is 10.2 Å². The Balaban J connectivity index is 2.08. The van der Waals surface area contributed by atoms with Crippen molar-refractivity contribution in [2.45, 2.75) is 51.1 Å². The summed E-state index contributed by atoms with van der Waals surface area (Å²) < 4.78 is 39.8. The first-order valence-corrected chi connectivity index (χ1v) is 15.0. The molecule has 3 aromatic carbocycles. The fourth-order valence-corrected chi connectivity index (χ4v) is 5.82. The van der Waals surface area contributed by atoms with Gasteiger partial charge in [-0.1, -0.05) is 55.8 Å². The number of nitrogens with one attached hydrogen (secondary N) is 1. The van der Waals surface area contributed by atoms with Gasteiger partial charge in [0, 0.05) is 13.1 Å². The highest BCUT2D eigenvalue weighted by Crippen LogP contribution is 2.32. The lowest BCUT2D eigenvalue weighted by Crippen LogP contribution is -2.52. The van der Waals surface area contributed by atoms with Crippen molar-refractivity contribution in [1.29, 1.82) is 0 Å². The van der Waals surface area contributed by atoms with Gasteiger partial charge in [0.2, 0.25) is 11.8 Å². The number of carbonyl (C=O) groups is 2. The van der Waals surface area contributed by atoms with Gasteiger partial charge in [-0.3, -0.25) is 13.9 Å². The van der Waals surface area contributed by atoms with Crippen LogP contribution in [-0.2, 0) is 26.2 Å². The molecule has 0 radical (unpaired) electrons. The molecule has 0 saturated carbocycles. The summed E-state index contributed by atoms with van der Waals surface area (Å²) in [5.74, 6) is 0.138. The van der Waals surface area contributed by atoms with Gasteiger partial charge in [0.25, 0.3) is 10.0 Å². The molecule has 10 heteroatoms. The van der Waals surface area contributed by atoms with Crippen molar-refractivity contribution in [2.24, 2.45) is 0 Å². The second kappa shape index (κ2) is 14.5. The van der Waals surface area contributed by atoms with Crippen molar-refractivity contribution in [3.8, 4) is 11.5 Å². The Hall–Kier alpha value is -4.05. The van der Waals surface area contributed by atoms with Gasteiger partial charge < -0.3 is 19.7 Å². The number of sulfonamides is 1. The number of anilines is 1. The van der Waals surface area contributed by atoms with E-state index < -0.39 is 28.5 Å². The molecule has 2 amide bonds. The number of amides is 2. The summed E-state index contributed by atoms with van der Waals surface area (Å²) in [5, 5.41) is 2.88. The highest BCUT2D eigenvalue weighted by Gasteiger charge is 2.34. The lowest BCUT2D eigenvalue weighted by Gasteiger charge is -2.33. The molecule has 0 fully saturated rings. The third-order valence-electron chi connectivity index (χ3n) is 6.69. The number of ether oxygens (including phenoxy) is 2. The molecular formula is C31H39N3O6S. The Bertz CT molecular complexity index is 1410. The minimum Gasteiger partial charge on any atom is -0.497 e. The topological polar surface area (TPSA) is 105 Å². The molecule has 0 aliphatic heterocycles. The average molecular weight is 582 g/mol. The maximum Gasteiger partial charge on any atom is 0.264 e. The minimum absolute atomic E-state index is 0.0382. The maximum atomic E-state index is 14.1. The number of carbonyl (C=O) groups excluding carboxylic acids is 2. The summed E-state index contributed by atoms with van der Waals surface area (Å²) in [7, 11) is -1.18. The van der Waals surface area contributed by atoms with Crippen LogP contribution in [0.5, 0.6) is 11.5 Å². The lowest BCUT2D eigenvalue weighted by molar-refractivity contribution is -0.140. The quantitative estimate of drug-likeness (QED) is 0.300. The first-order valence-electron chi connectivity index (χ1n) is 13.6. The number of aryl methyl sites for hydroxylation is 1. The molecule has 9 nitrogen and oxygen atoms in total. The van der Waals surface area contributed by atoms with Crippen LogP contribution in [0, 0.1) is 6.92 Å². The van der Waals surface area contributed by atoms with Crippen LogP contribution < -0.4 is 19.1 Å². The van der Waals surface area contributed by atoms with E-state index in [1.54, 1.807) is 55.6 Å². The van der Waals surface area contributed by atoms with Gasteiger partial charge in [-0.2, -0.15) is 0 Å². The predicted molar refractivity (Wildman–Crippen MR) is 160 cm³/mol. The summed E-state index contributed by atoms with van der Waals surface area (Å²) in [5.41, 5.74) is 1.89. The highest BCUT2D eigenvalue weighted by atomic mass is 32.2. The third kappa shape index (κ3) is 7.79. The molecule has 0 bridgehead atoms. The molecule has 0 spiro atoms. The van der Waals surface area contributed by atoms with E-state index in [9.17, 15) is 18.0 Å². The second-order valence-electron chi connectivity index (χ2n) is 9.58. The van der Waals surface area contributed by atoms with Gasteiger partial charge in [0.05, 0.1) is 24.8 Å². The smallest absolute Gasteiger partial charge is 0.264 e. The third-order valence-corrected chi connectivity index (χ3v) is 8.46. The summed E-state index contributed by atoms with van der Waals surface area (Å²) >= 11 is 0. The van der Waals surface area contributed by atoms with Crippen LogP contribution in [0.4, 0.5) is 5.69 Å². The predicted octanol–water partition coefficient (Wildman–Crippen LogP) is 4.54. The monoisotopic (exact) mass is 581 g/mol. The first kappa shape index (κ1) is 31.5. The van der Waals surface area contributed by atoms with Crippen molar-refractivity contribution in [3.05, 3.63) is 83.9 Å². The molecule has 1 atom stereocenters. The molecule has 41 heavy (non-hydrogen) atoms. The molecular weight excluding hydrogens is 542 g/mol.